The van der Waals surface area contributed by atoms with Gasteiger partial charge in [0.25, 0.3) is 0 Å². The summed E-state index contributed by atoms with van der Waals surface area (Å²) in [5.74, 6) is -1.34. The third-order valence-electron chi connectivity index (χ3n) is 2.61. The van der Waals surface area contributed by atoms with Crippen molar-refractivity contribution in [2.45, 2.75) is 6.10 Å². The van der Waals surface area contributed by atoms with Crippen LogP contribution in [-0.2, 0) is 4.79 Å². The molecule has 90 valence electrons. The Bertz CT molecular complexity index is 461. The first-order valence-corrected chi connectivity index (χ1v) is 5.16. The number of nitrogens with zero attached hydrogens (tertiary/aromatic N) is 1. The lowest BCUT2D eigenvalue weighted by molar-refractivity contribution is -0.146. The first-order valence-electron chi connectivity index (χ1n) is 5.16. The summed E-state index contributed by atoms with van der Waals surface area (Å²) in [6.07, 6.45) is -1.63. The average Bonchev–Trinajstić information content (AvgIpc) is 2.74. The number of carbonyl (C=O) groups excluding carboxylic acids is 1. The van der Waals surface area contributed by atoms with Crippen LogP contribution in [0.25, 0.3) is 0 Å². The van der Waals surface area contributed by atoms with Gasteiger partial charge in [-0.3, -0.25) is 4.90 Å². The van der Waals surface area contributed by atoms with Crippen molar-refractivity contribution < 1.29 is 19.8 Å². The van der Waals surface area contributed by atoms with Gasteiger partial charge in [0.05, 0.1) is 5.69 Å². The number of hydrogen-bond acceptors (Lipinski definition) is 3. The Balaban J connectivity index is 2.40. The predicted octanol–water partition coefficient (Wildman–Crippen LogP) is 0.334. The van der Waals surface area contributed by atoms with E-state index in [1.54, 1.807) is 18.2 Å². The normalized spacial score (nSPS) is 16.8. The highest BCUT2D eigenvalue weighted by molar-refractivity contribution is 5.95. The van der Waals surface area contributed by atoms with Gasteiger partial charge < -0.3 is 15.5 Å². The first-order chi connectivity index (χ1) is 8.11. The number of nitrogens with one attached hydrogen (secondary N) is 1. The summed E-state index contributed by atoms with van der Waals surface area (Å²) in [7, 11) is 0. The molecule has 1 aromatic rings. The van der Waals surface area contributed by atoms with E-state index in [0.29, 0.717) is 18.8 Å². The molecule has 2 amide bonds. The summed E-state index contributed by atoms with van der Waals surface area (Å²) < 4.78 is 0. The number of aliphatic hydroxyl groups excluding tert-OH is 1. The van der Waals surface area contributed by atoms with Crippen LogP contribution in [0.5, 0.6) is 0 Å². The molecule has 1 saturated heterocycles. The van der Waals surface area contributed by atoms with E-state index in [2.05, 4.69) is 5.32 Å². The number of para-hydroxylation sites is 1. The SMILES string of the molecule is O=C(O)C(O)c1ccccc1N1CCNC1=O. The number of hydrogen-bond donors (Lipinski definition) is 3. The van der Waals surface area contributed by atoms with Crippen molar-refractivity contribution in [3.63, 3.8) is 0 Å². The van der Waals surface area contributed by atoms with Crippen LogP contribution < -0.4 is 10.2 Å². The maximum atomic E-state index is 11.5. The number of carboxylic acids is 1. The lowest BCUT2D eigenvalue weighted by Gasteiger charge is -2.19. The third-order valence-corrected chi connectivity index (χ3v) is 2.61. The summed E-state index contributed by atoms with van der Waals surface area (Å²) in [5, 5.41) is 21.0. The van der Waals surface area contributed by atoms with Gasteiger partial charge in [0.15, 0.2) is 6.10 Å². The molecule has 17 heavy (non-hydrogen) atoms. The molecular formula is C11H12N2O4. The number of aliphatic hydroxyl groups is 1. The lowest BCUT2D eigenvalue weighted by Crippen LogP contribution is -2.29. The van der Waals surface area contributed by atoms with Gasteiger partial charge >= 0.3 is 12.0 Å². The molecule has 0 bridgehead atoms. The van der Waals surface area contributed by atoms with Crippen LogP contribution in [0.3, 0.4) is 0 Å². The zero-order valence-electron chi connectivity index (χ0n) is 8.96. The third kappa shape index (κ3) is 2.07. The van der Waals surface area contributed by atoms with Crippen LogP contribution in [0.1, 0.15) is 11.7 Å². The first kappa shape index (κ1) is 11.4. The van der Waals surface area contributed by atoms with Crippen molar-refractivity contribution in [3.05, 3.63) is 29.8 Å². The second-order valence-corrected chi connectivity index (χ2v) is 3.68. The number of amides is 2. The molecule has 3 N–H and O–H groups in total. The van der Waals surface area contributed by atoms with Gasteiger partial charge in [0.2, 0.25) is 0 Å². The van der Waals surface area contributed by atoms with Gasteiger partial charge in [-0.1, -0.05) is 18.2 Å². The van der Waals surface area contributed by atoms with E-state index >= 15 is 0 Å². The minimum absolute atomic E-state index is 0.219. The van der Waals surface area contributed by atoms with Crippen molar-refractivity contribution in [1.29, 1.82) is 0 Å². The summed E-state index contributed by atoms with van der Waals surface area (Å²) in [5.41, 5.74) is 0.648. The molecule has 1 aliphatic heterocycles. The summed E-state index contributed by atoms with van der Waals surface area (Å²) in [4.78, 5) is 23.7. The molecule has 2 rings (SSSR count). The van der Waals surface area contributed by atoms with Crippen LogP contribution in [0.15, 0.2) is 24.3 Å². The minimum atomic E-state index is -1.63. The van der Waals surface area contributed by atoms with Gasteiger partial charge in [-0.2, -0.15) is 0 Å². The Morgan fingerprint density at radius 3 is 2.71 bits per heavy atom. The lowest BCUT2D eigenvalue weighted by atomic mass is 10.1. The molecule has 0 saturated carbocycles. The Morgan fingerprint density at radius 2 is 2.12 bits per heavy atom. The van der Waals surface area contributed by atoms with Crippen LogP contribution in [0, 0.1) is 0 Å². The standard InChI is InChI=1S/C11H12N2O4/c14-9(10(15)16)7-3-1-2-4-8(7)13-6-5-12-11(13)17/h1-4,9,14H,5-6H2,(H,12,17)(H,15,16). The van der Waals surface area contributed by atoms with Crippen LogP contribution in [0.2, 0.25) is 0 Å². The monoisotopic (exact) mass is 236 g/mol. The van der Waals surface area contributed by atoms with Gasteiger partial charge in [0, 0.05) is 18.7 Å². The molecule has 1 heterocycles. The highest BCUT2D eigenvalue weighted by atomic mass is 16.4. The largest absolute Gasteiger partial charge is 0.479 e. The molecule has 1 atom stereocenters. The maximum Gasteiger partial charge on any atom is 0.337 e. The molecule has 6 heteroatoms. The summed E-state index contributed by atoms with van der Waals surface area (Å²) in [6, 6.07) is 6.15. The van der Waals surface area contributed by atoms with Gasteiger partial charge in [-0.15, -0.1) is 0 Å². The van der Waals surface area contributed by atoms with Crippen LogP contribution in [-0.4, -0.2) is 35.3 Å². The zero-order chi connectivity index (χ0) is 12.4. The van der Waals surface area contributed by atoms with Crippen molar-refractivity contribution in [3.8, 4) is 0 Å². The van der Waals surface area contributed by atoms with E-state index in [-0.39, 0.29) is 11.6 Å². The zero-order valence-corrected chi connectivity index (χ0v) is 8.96. The highest BCUT2D eigenvalue weighted by Crippen LogP contribution is 2.27. The Kier molecular flexibility index (Phi) is 2.97. The Labute approximate surface area is 97.5 Å². The molecule has 1 unspecified atom stereocenters. The van der Waals surface area contributed by atoms with Crippen molar-refractivity contribution in [2.75, 3.05) is 18.0 Å². The molecule has 0 aromatic heterocycles. The number of carboxylic acid groups (broad SMARTS) is 1. The van der Waals surface area contributed by atoms with Gasteiger partial charge in [-0.25, -0.2) is 9.59 Å². The fourth-order valence-corrected chi connectivity index (χ4v) is 1.80. The number of anilines is 1. The van der Waals surface area contributed by atoms with Crippen LogP contribution >= 0.6 is 0 Å². The molecule has 1 aromatic carbocycles. The van der Waals surface area contributed by atoms with E-state index in [9.17, 15) is 14.7 Å². The number of benzene rings is 1. The number of aliphatic carboxylic acids is 1. The fraction of sp³-hybridized carbons (Fsp3) is 0.273. The number of carbonyl (C=O) groups is 2. The summed E-state index contributed by atoms with van der Waals surface area (Å²) >= 11 is 0. The molecule has 0 aliphatic carbocycles. The van der Waals surface area contributed by atoms with Gasteiger partial charge in [0.1, 0.15) is 0 Å². The highest BCUT2D eigenvalue weighted by Gasteiger charge is 2.27. The van der Waals surface area contributed by atoms with E-state index in [0.717, 1.165) is 0 Å². The van der Waals surface area contributed by atoms with Crippen molar-refractivity contribution in [1.82, 2.24) is 5.32 Å². The van der Waals surface area contributed by atoms with E-state index in [4.69, 9.17) is 5.11 Å². The average molecular weight is 236 g/mol. The second-order valence-electron chi connectivity index (χ2n) is 3.68. The van der Waals surface area contributed by atoms with Crippen molar-refractivity contribution in [2.24, 2.45) is 0 Å². The topological polar surface area (TPSA) is 89.9 Å². The number of rotatable bonds is 3. The molecule has 0 radical (unpaired) electrons. The van der Waals surface area contributed by atoms with E-state index < -0.39 is 12.1 Å². The predicted molar refractivity (Wildman–Crippen MR) is 59.8 cm³/mol. The van der Waals surface area contributed by atoms with E-state index in [1.807, 2.05) is 0 Å². The summed E-state index contributed by atoms with van der Waals surface area (Å²) in [6.45, 7) is 0.971. The second kappa shape index (κ2) is 4.42. The quantitative estimate of drug-likeness (QED) is 0.705. The molecule has 1 aliphatic rings. The molecule has 1 fully saturated rings. The molecule has 0 spiro atoms. The minimum Gasteiger partial charge on any atom is -0.479 e. The smallest absolute Gasteiger partial charge is 0.337 e. The van der Waals surface area contributed by atoms with E-state index in [1.165, 1.54) is 11.0 Å². The number of urea groups is 1. The van der Waals surface area contributed by atoms with Gasteiger partial charge in [-0.05, 0) is 6.07 Å². The molecule has 6 nitrogen and oxygen atoms in total. The van der Waals surface area contributed by atoms with Crippen molar-refractivity contribution >= 4 is 17.7 Å². The van der Waals surface area contributed by atoms with Crippen LogP contribution in [0.4, 0.5) is 10.5 Å². The Morgan fingerprint density at radius 1 is 1.41 bits per heavy atom. The molecular weight excluding hydrogens is 224 g/mol. The maximum absolute atomic E-state index is 11.5. The fourth-order valence-electron chi connectivity index (χ4n) is 1.80. The Hall–Kier alpha value is -2.08.